The van der Waals surface area contributed by atoms with Crippen molar-refractivity contribution in [3.05, 3.63) is 11.1 Å². The number of halogens is 1. The molecule has 3 atom stereocenters. The molecule has 98 valence electrons. The molecule has 0 bridgehead atoms. The van der Waals surface area contributed by atoms with Gasteiger partial charge < -0.3 is 10.6 Å². The highest BCUT2D eigenvalue weighted by Crippen LogP contribution is 2.30. The highest BCUT2D eigenvalue weighted by molar-refractivity contribution is 9.11. The van der Waals surface area contributed by atoms with Crippen molar-refractivity contribution in [2.24, 2.45) is 5.92 Å². The Balaban J connectivity index is 1.88. The topological polar surface area (TPSA) is 24.1 Å². The van der Waals surface area contributed by atoms with E-state index in [0.29, 0.717) is 6.04 Å². The maximum atomic E-state index is 3.92. The molecule has 1 heterocycles. The first-order valence-corrected chi connectivity index (χ1v) is 7.86. The molecule has 1 aliphatic heterocycles. The van der Waals surface area contributed by atoms with Gasteiger partial charge in [0.2, 0.25) is 0 Å². The minimum absolute atomic E-state index is 0.689. The van der Waals surface area contributed by atoms with Gasteiger partial charge in [-0.2, -0.15) is 0 Å². The van der Waals surface area contributed by atoms with E-state index in [2.05, 4.69) is 33.1 Å². The van der Waals surface area contributed by atoms with Crippen molar-refractivity contribution >= 4 is 15.9 Å². The van der Waals surface area contributed by atoms with Gasteiger partial charge in [0.1, 0.15) is 0 Å². The second-order valence-corrected chi connectivity index (χ2v) is 6.63. The number of piperidine rings is 1. The maximum absolute atomic E-state index is 3.92. The molecule has 0 aromatic carbocycles. The fourth-order valence-corrected chi connectivity index (χ4v) is 3.54. The van der Waals surface area contributed by atoms with Crippen LogP contribution >= 0.6 is 15.9 Å². The van der Waals surface area contributed by atoms with Crippen LogP contribution < -0.4 is 10.6 Å². The first-order chi connectivity index (χ1) is 8.27. The fourth-order valence-electron chi connectivity index (χ4n) is 3.38. The van der Waals surface area contributed by atoms with Crippen molar-refractivity contribution in [1.29, 1.82) is 0 Å². The summed E-state index contributed by atoms with van der Waals surface area (Å²) < 4.78 is 1.07. The first-order valence-electron chi connectivity index (χ1n) is 7.07. The van der Waals surface area contributed by atoms with Gasteiger partial charge in [-0.15, -0.1) is 0 Å². The van der Waals surface area contributed by atoms with E-state index in [1.807, 2.05) is 0 Å². The highest BCUT2D eigenvalue weighted by Gasteiger charge is 2.31. The summed E-state index contributed by atoms with van der Waals surface area (Å²) in [6, 6.07) is 1.44. The van der Waals surface area contributed by atoms with Crippen LogP contribution in [0.25, 0.3) is 0 Å². The quantitative estimate of drug-likeness (QED) is 0.833. The van der Waals surface area contributed by atoms with Crippen LogP contribution in [0.5, 0.6) is 0 Å². The van der Waals surface area contributed by atoms with E-state index in [1.54, 1.807) is 0 Å². The molecule has 1 aliphatic carbocycles. The predicted molar refractivity (Wildman–Crippen MR) is 77.5 cm³/mol. The monoisotopic (exact) mass is 300 g/mol. The van der Waals surface area contributed by atoms with Gasteiger partial charge in [0.15, 0.2) is 0 Å². The summed E-state index contributed by atoms with van der Waals surface area (Å²) in [5.74, 6) is 0.830. The Labute approximate surface area is 114 Å². The molecular formula is C14H25BrN2. The van der Waals surface area contributed by atoms with Crippen LogP contribution in [0.2, 0.25) is 0 Å². The smallest absolute Gasteiger partial charge is 0.0268 e. The normalized spacial score (nSPS) is 34.5. The minimum Gasteiger partial charge on any atom is -0.314 e. The predicted octanol–water partition coefficient (Wildman–Crippen LogP) is 3.19. The highest BCUT2D eigenvalue weighted by atomic mass is 79.9. The lowest BCUT2D eigenvalue weighted by molar-refractivity contribution is 0.185. The summed E-state index contributed by atoms with van der Waals surface area (Å²) >= 11 is 3.44. The third-order valence-corrected chi connectivity index (χ3v) is 4.52. The second kappa shape index (κ2) is 6.91. The number of rotatable bonds is 4. The van der Waals surface area contributed by atoms with E-state index in [-0.39, 0.29) is 0 Å². The molecule has 3 unspecified atom stereocenters. The lowest BCUT2D eigenvalue weighted by atomic mass is 9.77. The third-order valence-electron chi connectivity index (χ3n) is 4.24. The Kier molecular flexibility index (Phi) is 5.51. The van der Waals surface area contributed by atoms with E-state index in [9.17, 15) is 0 Å². The van der Waals surface area contributed by atoms with Crippen molar-refractivity contribution in [3.63, 3.8) is 0 Å². The summed E-state index contributed by atoms with van der Waals surface area (Å²) in [6.07, 6.45) is 9.67. The molecular weight excluding hydrogens is 276 g/mol. The van der Waals surface area contributed by atoms with Crippen molar-refractivity contribution in [3.8, 4) is 0 Å². The average Bonchev–Trinajstić information content (AvgIpc) is 2.38. The summed E-state index contributed by atoms with van der Waals surface area (Å²) in [4.78, 5) is 0. The SMILES string of the molecule is C=C(Br)CNC1CCCCC1C1CCCCN1. The Bertz CT molecular complexity index is 249. The molecule has 2 rings (SSSR count). The molecule has 0 radical (unpaired) electrons. The largest absolute Gasteiger partial charge is 0.314 e. The van der Waals surface area contributed by atoms with E-state index < -0.39 is 0 Å². The maximum Gasteiger partial charge on any atom is 0.0268 e. The lowest BCUT2D eigenvalue weighted by Gasteiger charge is -2.40. The third kappa shape index (κ3) is 4.08. The molecule has 17 heavy (non-hydrogen) atoms. The summed E-state index contributed by atoms with van der Waals surface area (Å²) in [6.45, 7) is 6.05. The molecule has 2 N–H and O–H groups in total. The molecule has 0 aromatic rings. The van der Waals surface area contributed by atoms with Crippen LogP contribution in [-0.4, -0.2) is 25.2 Å². The Morgan fingerprint density at radius 3 is 2.65 bits per heavy atom. The van der Waals surface area contributed by atoms with Gasteiger partial charge in [0.25, 0.3) is 0 Å². The molecule has 3 heteroatoms. The molecule has 0 aromatic heterocycles. The molecule has 2 fully saturated rings. The van der Waals surface area contributed by atoms with Crippen LogP contribution in [0.3, 0.4) is 0 Å². The molecule has 0 spiro atoms. The molecule has 0 amide bonds. The zero-order valence-electron chi connectivity index (χ0n) is 10.7. The van der Waals surface area contributed by atoms with Crippen LogP contribution in [-0.2, 0) is 0 Å². The minimum atomic E-state index is 0.689. The summed E-state index contributed by atoms with van der Waals surface area (Å²) in [5, 5.41) is 7.41. The van der Waals surface area contributed by atoms with Crippen LogP contribution in [0.4, 0.5) is 0 Å². The second-order valence-electron chi connectivity index (χ2n) is 5.51. The first kappa shape index (κ1) is 13.6. The van der Waals surface area contributed by atoms with Crippen molar-refractivity contribution in [2.75, 3.05) is 13.1 Å². The van der Waals surface area contributed by atoms with E-state index in [1.165, 1.54) is 51.5 Å². The van der Waals surface area contributed by atoms with Gasteiger partial charge in [-0.05, 0) is 38.1 Å². The van der Waals surface area contributed by atoms with Gasteiger partial charge in [-0.1, -0.05) is 41.8 Å². The zero-order valence-corrected chi connectivity index (χ0v) is 12.3. The van der Waals surface area contributed by atoms with E-state index >= 15 is 0 Å². The Morgan fingerprint density at radius 2 is 1.94 bits per heavy atom. The Hall–Kier alpha value is 0.140. The number of hydrogen-bond donors (Lipinski definition) is 2. The lowest BCUT2D eigenvalue weighted by Crippen LogP contribution is -2.50. The van der Waals surface area contributed by atoms with Gasteiger partial charge in [0.05, 0.1) is 0 Å². The summed E-state index contributed by atoms with van der Waals surface area (Å²) in [7, 11) is 0. The van der Waals surface area contributed by atoms with Crippen LogP contribution in [0.1, 0.15) is 44.9 Å². The number of hydrogen-bond acceptors (Lipinski definition) is 2. The van der Waals surface area contributed by atoms with E-state index in [0.717, 1.165) is 23.0 Å². The number of nitrogens with one attached hydrogen (secondary N) is 2. The molecule has 1 saturated heterocycles. The summed E-state index contributed by atoms with van der Waals surface area (Å²) in [5.41, 5.74) is 0. The van der Waals surface area contributed by atoms with Crippen molar-refractivity contribution < 1.29 is 0 Å². The van der Waals surface area contributed by atoms with Crippen LogP contribution in [0.15, 0.2) is 11.1 Å². The Morgan fingerprint density at radius 1 is 1.18 bits per heavy atom. The zero-order chi connectivity index (χ0) is 12.1. The fraction of sp³-hybridized carbons (Fsp3) is 0.857. The average molecular weight is 301 g/mol. The van der Waals surface area contributed by atoms with Crippen LogP contribution in [0, 0.1) is 5.92 Å². The molecule has 2 aliphatic rings. The standard InChI is InChI=1S/C14H25BrN2/c1-11(15)10-17-14-7-3-2-6-12(14)13-8-4-5-9-16-13/h12-14,16-17H,1-10H2. The molecule has 1 saturated carbocycles. The van der Waals surface area contributed by atoms with Gasteiger partial charge in [-0.25, -0.2) is 0 Å². The van der Waals surface area contributed by atoms with Gasteiger partial charge in [-0.3, -0.25) is 0 Å². The van der Waals surface area contributed by atoms with Crippen molar-refractivity contribution in [2.45, 2.75) is 57.0 Å². The van der Waals surface area contributed by atoms with Gasteiger partial charge in [0, 0.05) is 23.1 Å². The van der Waals surface area contributed by atoms with E-state index in [4.69, 9.17) is 0 Å². The molecule has 2 nitrogen and oxygen atoms in total. The van der Waals surface area contributed by atoms with Gasteiger partial charge >= 0.3 is 0 Å². The van der Waals surface area contributed by atoms with Crippen molar-refractivity contribution in [1.82, 2.24) is 10.6 Å².